The second-order valence-corrected chi connectivity index (χ2v) is 10.1. The van der Waals surface area contributed by atoms with E-state index in [1.54, 1.807) is 29.3 Å². The molecule has 0 radical (unpaired) electrons. The number of aryl methyl sites for hydroxylation is 1. The topological polar surface area (TPSA) is 136 Å². The first-order valence-corrected chi connectivity index (χ1v) is 13.0. The average molecular weight is 512 g/mol. The van der Waals surface area contributed by atoms with E-state index < -0.39 is 0 Å². The van der Waals surface area contributed by atoms with Gasteiger partial charge >= 0.3 is 0 Å². The van der Waals surface area contributed by atoms with Gasteiger partial charge in [-0.2, -0.15) is 10.4 Å². The highest BCUT2D eigenvalue weighted by atomic mass is 16.5. The molecule has 1 aliphatic heterocycles. The summed E-state index contributed by atoms with van der Waals surface area (Å²) in [6.07, 6.45) is 11.0. The van der Waals surface area contributed by atoms with Crippen LogP contribution in [0.1, 0.15) is 55.4 Å². The molecule has 1 unspecified atom stereocenters. The molecule has 1 amide bonds. The quantitative estimate of drug-likeness (QED) is 0.410. The largest absolute Gasteiger partial charge is 0.477 e. The summed E-state index contributed by atoms with van der Waals surface area (Å²) in [6, 6.07) is 6.20. The molecule has 4 aromatic heterocycles. The molecule has 4 aromatic rings. The second kappa shape index (κ2) is 9.78. The number of hydrogen-bond acceptors (Lipinski definition) is 8. The summed E-state index contributed by atoms with van der Waals surface area (Å²) in [5.74, 6) is 2.30. The van der Waals surface area contributed by atoms with Gasteiger partial charge in [-0.05, 0) is 38.7 Å². The fraction of sp³-hybridized carbons (Fsp3) is 0.407. The van der Waals surface area contributed by atoms with Gasteiger partial charge in [-0.15, -0.1) is 0 Å². The van der Waals surface area contributed by atoms with Gasteiger partial charge in [-0.25, -0.2) is 19.6 Å². The van der Waals surface area contributed by atoms with Gasteiger partial charge in [-0.1, -0.05) is 0 Å². The van der Waals surface area contributed by atoms with Gasteiger partial charge in [-0.3, -0.25) is 4.79 Å². The molecule has 11 heteroatoms. The molecule has 38 heavy (non-hydrogen) atoms. The maximum atomic E-state index is 13.4. The van der Waals surface area contributed by atoms with E-state index in [9.17, 15) is 10.1 Å². The highest BCUT2D eigenvalue weighted by molar-refractivity contribution is 6.07. The van der Waals surface area contributed by atoms with Gasteiger partial charge in [0.1, 0.15) is 17.2 Å². The smallest absolute Gasteiger partial charge is 0.253 e. The maximum absolute atomic E-state index is 13.4. The van der Waals surface area contributed by atoms with Gasteiger partial charge < -0.3 is 19.9 Å². The number of carbonyl (C=O) groups excluding carboxylic acids is 1. The van der Waals surface area contributed by atoms with Crippen LogP contribution in [0.2, 0.25) is 0 Å². The van der Waals surface area contributed by atoms with Crippen LogP contribution in [0, 0.1) is 17.2 Å². The zero-order valence-corrected chi connectivity index (χ0v) is 21.4. The van der Waals surface area contributed by atoms with Gasteiger partial charge in [0.2, 0.25) is 5.88 Å². The third-order valence-corrected chi connectivity index (χ3v) is 7.49. The Morgan fingerprint density at radius 1 is 1.18 bits per heavy atom. The molecule has 0 aromatic carbocycles. The van der Waals surface area contributed by atoms with Gasteiger partial charge in [0.25, 0.3) is 5.91 Å². The van der Waals surface area contributed by atoms with Crippen LogP contribution in [0.15, 0.2) is 36.9 Å². The van der Waals surface area contributed by atoms with E-state index in [1.807, 2.05) is 19.3 Å². The average Bonchev–Trinajstić information content (AvgIpc) is 3.49. The molecule has 194 valence electrons. The van der Waals surface area contributed by atoms with Crippen molar-refractivity contribution in [3.8, 4) is 23.3 Å². The van der Waals surface area contributed by atoms with Gasteiger partial charge in [0.05, 0.1) is 30.0 Å². The molecule has 6 rings (SSSR count). The summed E-state index contributed by atoms with van der Waals surface area (Å²) >= 11 is 0. The molecule has 1 fully saturated rings. The molecule has 5 heterocycles. The molecular formula is C27H29N9O2. The Morgan fingerprint density at radius 2 is 2.03 bits per heavy atom. The molecular weight excluding hydrogens is 482 g/mol. The molecule has 2 N–H and O–H groups in total. The summed E-state index contributed by atoms with van der Waals surface area (Å²) in [4.78, 5) is 27.1. The summed E-state index contributed by atoms with van der Waals surface area (Å²) in [6.45, 7) is 2.57. The third kappa shape index (κ3) is 4.42. The van der Waals surface area contributed by atoms with E-state index in [0.717, 1.165) is 36.6 Å². The van der Waals surface area contributed by atoms with Crippen LogP contribution >= 0.6 is 0 Å². The predicted octanol–water partition coefficient (Wildman–Crippen LogP) is 4.13. The normalized spacial score (nSPS) is 21.0. The van der Waals surface area contributed by atoms with Crippen LogP contribution in [0.5, 0.6) is 5.88 Å². The lowest BCUT2D eigenvalue weighted by Crippen LogP contribution is -2.37. The second-order valence-electron chi connectivity index (χ2n) is 10.1. The lowest BCUT2D eigenvalue weighted by Gasteiger charge is -2.25. The van der Waals surface area contributed by atoms with Crippen LogP contribution in [0.3, 0.4) is 0 Å². The number of anilines is 2. The highest BCUT2D eigenvalue weighted by Crippen LogP contribution is 2.32. The monoisotopic (exact) mass is 511 g/mol. The molecule has 4 bridgehead atoms. The Labute approximate surface area is 219 Å². The predicted molar refractivity (Wildman–Crippen MR) is 141 cm³/mol. The summed E-state index contributed by atoms with van der Waals surface area (Å²) in [7, 11) is 1.83. The van der Waals surface area contributed by atoms with Crippen LogP contribution < -0.4 is 15.4 Å². The van der Waals surface area contributed by atoms with Crippen molar-refractivity contribution in [3.63, 3.8) is 0 Å². The lowest BCUT2D eigenvalue weighted by atomic mass is 9.87. The van der Waals surface area contributed by atoms with Crippen molar-refractivity contribution < 1.29 is 9.53 Å². The van der Waals surface area contributed by atoms with E-state index in [4.69, 9.17) is 4.74 Å². The summed E-state index contributed by atoms with van der Waals surface area (Å²) in [5, 5.41) is 20.8. The van der Waals surface area contributed by atoms with Crippen molar-refractivity contribution in [1.29, 1.82) is 5.26 Å². The first kappa shape index (κ1) is 23.9. The first-order valence-electron chi connectivity index (χ1n) is 13.0. The minimum atomic E-state index is -0.113. The van der Waals surface area contributed by atoms with E-state index >= 15 is 0 Å². The highest BCUT2D eigenvalue weighted by Gasteiger charge is 2.25. The fourth-order valence-corrected chi connectivity index (χ4v) is 5.29. The third-order valence-electron chi connectivity index (χ3n) is 7.49. The van der Waals surface area contributed by atoms with E-state index in [1.165, 1.54) is 0 Å². The van der Waals surface area contributed by atoms with Crippen LogP contribution in [0.25, 0.3) is 22.3 Å². The number of hydrogen-bond donors (Lipinski definition) is 2. The number of aromatic nitrogens is 6. The van der Waals surface area contributed by atoms with Gasteiger partial charge in [0, 0.05) is 61.5 Å². The summed E-state index contributed by atoms with van der Waals surface area (Å²) in [5.41, 5.74) is 2.21. The number of nitriles is 1. The molecule has 1 saturated carbocycles. The SMILES string of the molecule is CC1CCOc2c(cnn2C)-c2nccc(n2)Nc2cc3c(cn2)c(C(=O)NC2CCC(C#N)CC2)cn31. The zero-order chi connectivity index (χ0) is 26.2. The molecule has 0 spiro atoms. The zero-order valence-electron chi connectivity index (χ0n) is 21.4. The molecule has 11 nitrogen and oxygen atoms in total. The van der Waals surface area contributed by atoms with E-state index in [-0.39, 0.29) is 23.9 Å². The minimum Gasteiger partial charge on any atom is -0.477 e. The number of pyridine rings is 1. The van der Waals surface area contributed by atoms with Crippen LogP contribution in [0.4, 0.5) is 11.6 Å². The van der Waals surface area contributed by atoms with Crippen molar-refractivity contribution in [3.05, 3.63) is 42.5 Å². The van der Waals surface area contributed by atoms with E-state index in [2.05, 4.69) is 48.2 Å². The number of fused-ring (bicyclic) bond motifs is 5. The van der Waals surface area contributed by atoms with Crippen molar-refractivity contribution in [2.75, 3.05) is 11.9 Å². The van der Waals surface area contributed by atoms with Gasteiger partial charge in [0.15, 0.2) is 5.82 Å². The van der Waals surface area contributed by atoms with E-state index in [0.29, 0.717) is 47.5 Å². The standard InChI is InChI=1S/C27H29N9O2/c1-16-8-10-38-27-20(14-31-35(27)2)25-29-9-7-23(34-25)33-24-11-22-19(13-30-24)21(15-36(16)22)26(37)32-18-5-3-17(12-28)4-6-18/h7,9,11,13-18H,3-6,8,10H2,1-2H3,(H,32,37)(H,29,30,33,34). The number of nitrogens with zero attached hydrogens (tertiary/aromatic N) is 7. The van der Waals surface area contributed by atoms with Crippen LogP contribution in [-0.4, -0.2) is 47.9 Å². The number of rotatable bonds is 2. The van der Waals surface area contributed by atoms with Crippen molar-refractivity contribution in [2.45, 2.75) is 51.1 Å². The van der Waals surface area contributed by atoms with Crippen molar-refractivity contribution >= 4 is 28.4 Å². The van der Waals surface area contributed by atoms with Crippen molar-refractivity contribution in [2.24, 2.45) is 13.0 Å². The number of ether oxygens (including phenoxy) is 1. The molecule has 2 aliphatic rings. The minimum absolute atomic E-state index is 0.0501. The summed E-state index contributed by atoms with van der Waals surface area (Å²) < 4.78 is 9.97. The number of carbonyl (C=O) groups is 1. The first-order chi connectivity index (χ1) is 18.5. The van der Waals surface area contributed by atoms with Crippen LogP contribution in [-0.2, 0) is 7.05 Å². The number of amides is 1. The fourth-order valence-electron chi connectivity index (χ4n) is 5.29. The Bertz CT molecular complexity index is 1540. The Morgan fingerprint density at radius 3 is 2.84 bits per heavy atom. The van der Waals surface area contributed by atoms with Crippen molar-refractivity contribution in [1.82, 2.24) is 34.6 Å². The Balaban J connectivity index is 1.35. The number of nitrogens with one attached hydrogen (secondary N) is 2. The molecule has 1 aliphatic carbocycles. The lowest BCUT2D eigenvalue weighted by molar-refractivity contribution is 0.0926. The molecule has 0 saturated heterocycles. The Kier molecular flexibility index (Phi) is 6.15. The molecule has 1 atom stereocenters. The maximum Gasteiger partial charge on any atom is 0.253 e. The Hall–Kier alpha value is -4.46.